The second kappa shape index (κ2) is 3.91. The number of carboxylic acids is 1. The minimum absolute atomic E-state index is 0.0593. The minimum atomic E-state index is -1.05. The van der Waals surface area contributed by atoms with Crippen LogP contribution in [0, 0.1) is 0 Å². The van der Waals surface area contributed by atoms with Crippen LogP contribution in [0.4, 0.5) is 0 Å². The number of aliphatic hydroxyl groups excluding tert-OH is 1. The van der Waals surface area contributed by atoms with Crippen molar-refractivity contribution < 1.29 is 19.7 Å². The van der Waals surface area contributed by atoms with Crippen LogP contribution in [0.1, 0.15) is 6.92 Å². The number of aliphatic carboxylic acids is 1. The maximum Gasteiger partial charge on any atom is 0.334 e. The Labute approximate surface area is 52.4 Å². The van der Waals surface area contributed by atoms with E-state index in [-0.39, 0.29) is 5.57 Å². The minimum Gasteiger partial charge on any atom is -0.478 e. The monoisotopic (exact) mass is 132 g/mol. The van der Waals surface area contributed by atoms with Gasteiger partial charge in [-0.2, -0.15) is 0 Å². The van der Waals surface area contributed by atoms with Gasteiger partial charge in [-0.1, -0.05) is 0 Å². The van der Waals surface area contributed by atoms with Gasteiger partial charge in [0.15, 0.2) is 6.79 Å². The van der Waals surface area contributed by atoms with E-state index in [1.165, 1.54) is 6.92 Å². The van der Waals surface area contributed by atoms with Crippen molar-refractivity contribution in [3.8, 4) is 0 Å². The first-order valence-electron chi connectivity index (χ1n) is 2.31. The van der Waals surface area contributed by atoms with Crippen molar-refractivity contribution in [2.45, 2.75) is 6.92 Å². The van der Waals surface area contributed by atoms with Gasteiger partial charge in [-0.25, -0.2) is 4.79 Å². The van der Waals surface area contributed by atoms with Crippen LogP contribution < -0.4 is 0 Å². The van der Waals surface area contributed by atoms with Crippen molar-refractivity contribution in [2.75, 3.05) is 6.79 Å². The fourth-order valence-corrected chi connectivity index (χ4v) is 0.213. The van der Waals surface area contributed by atoms with Gasteiger partial charge in [0.2, 0.25) is 0 Å². The zero-order valence-corrected chi connectivity index (χ0v) is 5.00. The highest BCUT2D eigenvalue weighted by Gasteiger charge is 1.97. The molecule has 0 aliphatic carbocycles. The fraction of sp³-hybridized carbons (Fsp3) is 0.400. The molecule has 0 heterocycles. The van der Waals surface area contributed by atoms with Crippen LogP contribution in [0.2, 0.25) is 0 Å². The van der Waals surface area contributed by atoms with Gasteiger partial charge >= 0.3 is 5.97 Å². The Morgan fingerprint density at radius 3 is 2.67 bits per heavy atom. The van der Waals surface area contributed by atoms with Crippen LogP contribution in [0.15, 0.2) is 11.8 Å². The molecule has 9 heavy (non-hydrogen) atoms. The smallest absolute Gasteiger partial charge is 0.334 e. The Hall–Kier alpha value is -1.03. The number of aliphatic hydroxyl groups is 1. The Morgan fingerprint density at radius 1 is 1.78 bits per heavy atom. The van der Waals surface area contributed by atoms with Gasteiger partial charge in [0, 0.05) is 0 Å². The molecule has 0 saturated carbocycles. The molecule has 0 fully saturated rings. The largest absolute Gasteiger partial charge is 0.478 e. The van der Waals surface area contributed by atoms with Crippen molar-refractivity contribution in [1.82, 2.24) is 0 Å². The van der Waals surface area contributed by atoms with Crippen molar-refractivity contribution in [3.63, 3.8) is 0 Å². The summed E-state index contributed by atoms with van der Waals surface area (Å²) in [5.74, 6) is -1.05. The van der Waals surface area contributed by atoms with Crippen molar-refractivity contribution >= 4 is 5.97 Å². The third-order valence-electron chi connectivity index (χ3n) is 0.672. The summed E-state index contributed by atoms with van der Waals surface area (Å²) < 4.78 is 4.27. The average molecular weight is 132 g/mol. The lowest BCUT2D eigenvalue weighted by Crippen LogP contribution is -1.97. The molecular weight excluding hydrogens is 124 g/mol. The summed E-state index contributed by atoms with van der Waals surface area (Å²) in [5, 5.41) is 16.2. The topological polar surface area (TPSA) is 66.8 Å². The second-order valence-electron chi connectivity index (χ2n) is 1.40. The second-order valence-corrected chi connectivity index (χ2v) is 1.40. The molecule has 0 aromatic carbocycles. The van der Waals surface area contributed by atoms with E-state index in [0.717, 1.165) is 6.26 Å². The molecule has 0 saturated heterocycles. The summed E-state index contributed by atoms with van der Waals surface area (Å²) in [6.07, 6.45) is 0.988. The number of hydrogen-bond donors (Lipinski definition) is 2. The summed E-state index contributed by atoms with van der Waals surface area (Å²) in [4.78, 5) is 9.98. The summed E-state index contributed by atoms with van der Waals surface area (Å²) in [7, 11) is 0. The quantitative estimate of drug-likeness (QED) is 0.321. The SMILES string of the molecule is CC(=COCO)C(=O)O. The normalized spacial score (nSPS) is 11.1. The Balaban J connectivity index is 3.69. The maximum atomic E-state index is 9.98. The highest BCUT2D eigenvalue weighted by atomic mass is 16.6. The lowest BCUT2D eigenvalue weighted by Gasteiger charge is -1.93. The number of rotatable bonds is 3. The fourth-order valence-electron chi connectivity index (χ4n) is 0.213. The number of hydrogen-bond acceptors (Lipinski definition) is 3. The number of carboxylic acid groups (broad SMARTS) is 1. The third kappa shape index (κ3) is 3.54. The average Bonchev–Trinajstić information content (AvgIpc) is 1.82. The van der Waals surface area contributed by atoms with Crippen LogP contribution >= 0.6 is 0 Å². The molecule has 0 radical (unpaired) electrons. The van der Waals surface area contributed by atoms with E-state index in [0.29, 0.717) is 0 Å². The van der Waals surface area contributed by atoms with Gasteiger partial charge < -0.3 is 14.9 Å². The molecule has 0 rings (SSSR count). The number of carbonyl (C=O) groups is 1. The molecule has 4 heteroatoms. The molecular formula is C5H8O4. The molecule has 0 spiro atoms. The summed E-state index contributed by atoms with van der Waals surface area (Å²) >= 11 is 0. The third-order valence-corrected chi connectivity index (χ3v) is 0.672. The van der Waals surface area contributed by atoms with Gasteiger partial charge in [0.1, 0.15) is 0 Å². The first-order valence-corrected chi connectivity index (χ1v) is 2.31. The summed E-state index contributed by atoms with van der Waals surface area (Å²) in [5.41, 5.74) is 0.0593. The molecule has 0 unspecified atom stereocenters. The standard InChI is InChI=1S/C5H8O4/c1-4(5(7)8)2-9-3-6/h2,6H,3H2,1H3,(H,7,8). The van der Waals surface area contributed by atoms with E-state index >= 15 is 0 Å². The predicted molar refractivity (Wildman–Crippen MR) is 29.6 cm³/mol. The van der Waals surface area contributed by atoms with Crippen LogP contribution in [0.25, 0.3) is 0 Å². The van der Waals surface area contributed by atoms with Crippen molar-refractivity contribution in [3.05, 3.63) is 11.8 Å². The predicted octanol–water partition coefficient (Wildman–Crippen LogP) is -0.0588. The molecule has 0 aromatic heterocycles. The summed E-state index contributed by atoms with van der Waals surface area (Å²) in [6, 6.07) is 0. The zero-order valence-electron chi connectivity index (χ0n) is 5.00. The van der Waals surface area contributed by atoms with Crippen LogP contribution in [-0.4, -0.2) is 23.0 Å². The molecule has 2 N–H and O–H groups in total. The molecule has 0 aliphatic heterocycles. The molecule has 0 aromatic rings. The molecule has 52 valence electrons. The van der Waals surface area contributed by atoms with Crippen LogP contribution in [0.3, 0.4) is 0 Å². The molecule has 0 amide bonds. The van der Waals surface area contributed by atoms with E-state index in [1.54, 1.807) is 0 Å². The van der Waals surface area contributed by atoms with Gasteiger partial charge in [-0.15, -0.1) is 0 Å². The molecule has 0 bridgehead atoms. The highest BCUT2D eigenvalue weighted by Crippen LogP contribution is 1.90. The van der Waals surface area contributed by atoms with Crippen LogP contribution in [0.5, 0.6) is 0 Å². The summed E-state index contributed by atoms with van der Waals surface area (Å²) in [6.45, 7) is 0.878. The molecule has 0 atom stereocenters. The van der Waals surface area contributed by atoms with E-state index in [2.05, 4.69) is 4.74 Å². The lowest BCUT2D eigenvalue weighted by atomic mass is 10.4. The van der Waals surface area contributed by atoms with Crippen LogP contribution in [-0.2, 0) is 9.53 Å². The molecule has 0 aliphatic rings. The van der Waals surface area contributed by atoms with Crippen molar-refractivity contribution in [2.24, 2.45) is 0 Å². The maximum absolute atomic E-state index is 9.98. The first kappa shape index (κ1) is 7.97. The van der Waals surface area contributed by atoms with E-state index in [9.17, 15) is 4.79 Å². The highest BCUT2D eigenvalue weighted by molar-refractivity contribution is 5.85. The Morgan fingerprint density at radius 2 is 2.33 bits per heavy atom. The van der Waals surface area contributed by atoms with E-state index < -0.39 is 12.8 Å². The van der Waals surface area contributed by atoms with E-state index in [1.807, 2.05) is 0 Å². The lowest BCUT2D eigenvalue weighted by molar-refractivity contribution is -0.132. The first-order chi connectivity index (χ1) is 4.18. The van der Waals surface area contributed by atoms with Gasteiger partial charge in [0.05, 0.1) is 11.8 Å². The zero-order chi connectivity index (χ0) is 7.28. The Kier molecular flexibility index (Phi) is 3.46. The molecule has 4 nitrogen and oxygen atoms in total. The Bertz CT molecular complexity index is 127. The van der Waals surface area contributed by atoms with Gasteiger partial charge in [-0.3, -0.25) is 0 Å². The van der Waals surface area contributed by atoms with Gasteiger partial charge in [0.25, 0.3) is 0 Å². The number of ether oxygens (including phenoxy) is 1. The van der Waals surface area contributed by atoms with E-state index in [4.69, 9.17) is 10.2 Å². The van der Waals surface area contributed by atoms with Gasteiger partial charge in [-0.05, 0) is 6.92 Å². The van der Waals surface area contributed by atoms with Crippen molar-refractivity contribution in [1.29, 1.82) is 0 Å².